The molecule has 2 bridgehead atoms. The molecule has 0 aromatic heterocycles. The highest BCUT2D eigenvalue weighted by Crippen LogP contribution is 2.44. The fraction of sp³-hybridized carbons (Fsp3) is 0.382. The summed E-state index contributed by atoms with van der Waals surface area (Å²) in [5.41, 5.74) is 15.7. The van der Waals surface area contributed by atoms with Gasteiger partial charge < -0.3 is 10.5 Å². The molecule has 2 unspecified atom stereocenters. The smallest absolute Gasteiger partial charge is 0.248 e. The van der Waals surface area contributed by atoms with Gasteiger partial charge in [-0.25, -0.2) is 0 Å². The molecule has 2 aliphatic heterocycles. The van der Waals surface area contributed by atoms with Crippen LogP contribution in [0.4, 0.5) is 0 Å². The van der Waals surface area contributed by atoms with Crippen LogP contribution in [0, 0.1) is 0 Å². The number of nitrogens with two attached hydrogens (primary N) is 1. The van der Waals surface area contributed by atoms with Crippen molar-refractivity contribution in [2.24, 2.45) is 5.73 Å². The van der Waals surface area contributed by atoms with Crippen molar-refractivity contribution in [1.29, 1.82) is 0 Å². The highest BCUT2D eigenvalue weighted by Gasteiger charge is 2.39. The molecule has 0 saturated carbocycles. The predicted molar refractivity (Wildman–Crippen MR) is 156 cm³/mol. The van der Waals surface area contributed by atoms with Gasteiger partial charge in [0, 0.05) is 24.2 Å². The maximum atomic E-state index is 12.1. The van der Waals surface area contributed by atoms with E-state index in [4.69, 9.17) is 10.5 Å². The summed E-state index contributed by atoms with van der Waals surface area (Å²) in [5, 5.41) is 0. The maximum absolute atomic E-state index is 12.1. The van der Waals surface area contributed by atoms with E-state index < -0.39 is 0 Å². The largest absolute Gasteiger partial charge is 0.497 e. The second-order valence-electron chi connectivity index (χ2n) is 10.7. The normalized spacial score (nSPS) is 19.0. The molecule has 1 amide bonds. The quantitative estimate of drug-likeness (QED) is 0.355. The molecule has 2 atom stereocenters. The molecule has 38 heavy (non-hydrogen) atoms. The Balaban J connectivity index is 1.50. The van der Waals surface area contributed by atoms with Crippen LogP contribution in [-0.4, -0.2) is 36.5 Å². The number of piperidine rings is 1. The maximum Gasteiger partial charge on any atom is 0.248 e. The number of carbonyl (C=O) groups excluding carboxylic acids is 1. The van der Waals surface area contributed by atoms with Crippen LogP contribution in [0.25, 0.3) is 5.57 Å². The number of ether oxygens (including phenoxy) is 1. The van der Waals surface area contributed by atoms with Gasteiger partial charge in [0.2, 0.25) is 5.91 Å². The SMILES string of the molecule is CCc1cc(C(N)=O)cc(CC)c1C(=C1CC2CCC(C1)N2CCc1ccc(OC)cc1)c1ccccc1. The molecule has 0 aliphatic carbocycles. The third kappa shape index (κ3) is 5.28. The van der Waals surface area contributed by atoms with Gasteiger partial charge in [-0.05, 0) is 103 Å². The van der Waals surface area contributed by atoms with Crippen molar-refractivity contribution in [3.63, 3.8) is 0 Å². The van der Waals surface area contributed by atoms with Gasteiger partial charge in [0.1, 0.15) is 5.75 Å². The van der Waals surface area contributed by atoms with Crippen LogP contribution in [-0.2, 0) is 19.3 Å². The Morgan fingerprint density at radius 1 is 0.895 bits per heavy atom. The van der Waals surface area contributed by atoms with Crippen molar-refractivity contribution in [2.45, 2.75) is 70.9 Å². The van der Waals surface area contributed by atoms with Crippen LogP contribution in [0.3, 0.4) is 0 Å². The number of hydrogen-bond donors (Lipinski definition) is 1. The lowest BCUT2D eigenvalue weighted by molar-refractivity contribution is 0.1000. The van der Waals surface area contributed by atoms with Gasteiger partial charge >= 0.3 is 0 Å². The average Bonchev–Trinajstić information content (AvgIpc) is 3.19. The van der Waals surface area contributed by atoms with Gasteiger partial charge in [-0.2, -0.15) is 0 Å². The zero-order chi connectivity index (χ0) is 26.6. The molecule has 0 radical (unpaired) electrons. The number of rotatable bonds is 9. The number of amides is 1. The second kappa shape index (κ2) is 11.6. The summed E-state index contributed by atoms with van der Waals surface area (Å²) >= 11 is 0. The van der Waals surface area contributed by atoms with Crippen molar-refractivity contribution in [1.82, 2.24) is 4.90 Å². The lowest BCUT2D eigenvalue weighted by atomic mass is 9.80. The summed E-state index contributed by atoms with van der Waals surface area (Å²) in [6.45, 7) is 5.47. The van der Waals surface area contributed by atoms with Crippen LogP contribution < -0.4 is 10.5 Å². The molecule has 4 heteroatoms. The number of hydrogen-bond acceptors (Lipinski definition) is 3. The molecular weight excluding hydrogens is 468 g/mol. The van der Waals surface area contributed by atoms with Crippen LogP contribution >= 0.6 is 0 Å². The molecule has 4 nitrogen and oxygen atoms in total. The highest BCUT2D eigenvalue weighted by atomic mass is 16.5. The molecular formula is C34H40N2O2. The Labute approximate surface area is 227 Å². The van der Waals surface area contributed by atoms with Gasteiger partial charge in [0.25, 0.3) is 0 Å². The molecule has 2 saturated heterocycles. The van der Waals surface area contributed by atoms with E-state index in [9.17, 15) is 4.79 Å². The lowest BCUT2D eigenvalue weighted by Gasteiger charge is -2.38. The molecule has 198 valence electrons. The first kappa shape index (κ1) is 26.2. The number of primary amides is 1. The number of carbonyl (C=O) groups is 1. The zero-order valence-corrected chi connectivity index (χ0v) is 23.0. The third-order valence-electron chi connectivity index (χ3n) is 8.57. The van der Waals surface area contributed by atoms with E-state index in [1.165, 1.54) is 46.2 Å². The van der Waals surface area contributed by atoms with E-state index in [1.54, 1.807) is 12.7 Å². The van der Waals surface area contributed by atoms with Crippen LogP contribution in [0.5, 0.6) is 5.75 Å². The standard InChI is InChI=1S/C34H40N2O2/c1-4-24-19-28(34(35)37)20-25(5-2)32(24)33(26-9-7-6-8-10-26)27-21-29-13-14-30(22-27)36(29)18-17-23-11-15-31(38-3)16-12-23/h6-12,15-16,19-20,29-30H,4-5,13-14,17-18,21-22H2,1-3H3,(H2,35,37). The van der Waals surface area contributed by atoms with Crippen molar-refractivity contribution in [3.8, 4) is 5.75 Å². The molecule has 2 heterocycles. The minimum atomic E-state index is -0.349. The summed E-state index contributed by atoms with van der Waals surface area (Å²) in [6.07, 6.45) is 7.54. The van der Waals surface area contributed by atoms with Gasteiger partial charge in [0.05, 0.1) is 7.11 Å². The topological polar surface area (TPSA) is 55.6 Å². The third-order valence-corrected chi connectivity index (χ3v) is 8.57. The number of aryl methyl sites for hydroxylation is 2. The van der Waals surface area contributed by atoms with Crippen LogP contribution in [0.2, 0.25) is 0 Å². The molecule has 2 aliphatic rings. The number of methoxy groups -OCH3 is 1. The number of benzene rings is 3. The first-order chi connectivity index (χ1) is 18.5. The van der Waals surface area contributed by atoms with Crippen LogP contribution in [0.1, 0.15) is 77.7 Å². The Hall–Kier alpha value is -3.37. The lowest BCUT2D eigenvalue weighted by Crippen LogP contribution is -2.42. The van der Waals surface area contributed by atoms with Gasteiger partial charge in [-0.3, -0.25) is 9.69 Å². The van der Waals surface area contributed by atoms with Gasteiger partial charge in [-0.15, -0.1) is 0 Å². The Kier molecular flexibility index (Phi) is 7.99. The van der Waals surface area contributed by atoms with E-state index in [1.807, 2.05) is 12.1 Å². The first-order valence-corrected chi connectivity index (χ1v) is 14.1. The number of fused-ring (bicyclic) bond motifs is 2. The fourth-order valence-electron chi connectivity index (χ4n) is 6.64. The highest BCUT2D eigenvalue weighted by molar-refractivity contribution is 5.95. The summed E-state index contributed by atoms with van der Waals surface area (Å²) in [6, 6.07) is 24.6. The second-order valence-corrected chi connectivity index (χ2v) is 10.7. The zero-order valence-electron chi connectivity index (χ0n) is 23.0. The van der Waals surface area contributed by atoms with E-state index in [-0.39, 0.29) is 5.91 Å². The Morgan fingerprint density at radius 2 is 1.50 bits per heavy atom. The van der Waals surface area contributed by atoms with Crippen LogP contribution in [0.15, 0.2) is 72.3 Å². The predicted octanol–water partition coefficient (Wildman–Crippen LogP) is 6.59. The minimum Gasteiger partial charge on any atom is -0.497 e. The van der Waals surface area contributed by atoms with E-state index in [2.05, 4.69) is 73.3 Å². The fourth-order valence-corrected chi connectivity index (χ4v) is 6.64. The molecule has 2 fully saturated rings. The first-order valence-electron chi connectivity index (χ1n) is 14.1. The molecule has 0 spiro atoms. The summed E-state index contributed by atoms with van der Waals surface area (Å²) in [5.74, 6) is 0.565. The summed E-state index contributed by atoms with van der Waals surface area (Å²) < 4.78 is 5.33. The minimum absolute atomic E-state index is 0.349. The summed E-state index contributed by atoms with van der Waals surface area (Å²) in [7, 11) is 1.72. The molecule has 5 rings (SSSR count). The Morgan fingerprint density at radius 3 is 2.03 bits per heavy atom. The monoisotopic (exact) mass is 508 g/mol. The molecule has 3 aromatic carbocycles. The van der Waals surface area contributed by atoms with E-state index in [0.29, 0.717) is 17.6 Å². The Bertz CT molecular complexity index is 1270. The summed E-state index contributed by atoms with van der Waals surface area (Å²) in [4.78, 5) is 14.9. The van der Waals surface area contributed by atoms with Crippen molar-refractivity contribution >= 4 is 11.5 Å². The van der Waals surface area contributed by atoms with Crippen molar-refractivity contribution in [2.75, 3.05) is 13.7 Å². The van der Waals surface area contributed by atoms with Gasteiger partial charge in [-0.1, -0.05) is 61.9 Å². The number of nitrogens with zero attached hydrogens (tertiary/aromatic N) is 1. The van der Waals surface area contributed by atoms with E-state index >= 15 is 0 Å². The van der Waals surface area contributed by atoms with E-state index in [0.717, 1.165) is 44.4 Å². The van der Waals surface area contributed by atoms with Gasteiger partial charge in [0.15, 0.2) is 0 Å². The van der Waals surface area contributed by atoms with Crippen molar-refractivity contribution < 1.29 is 9.53 Å². The van der Waals surface area contributed by atoms with Crippen molar-refractivity contribution in [3.05, 3.63) is 106 Å². The molecule has 3 aromatic rings. The molecule has 2 N–H and O–H groups in total. The average molecular weight is 509 g/mol.